The molecule has 0 heterocycles. The van der Waals surface area contributed by atoms with Crippen LogP contribution in [0.2, 0.25) is 0 Å². The maximum Gasteiger partial charge on any atom is 0.306 e. The van der Waals surface area contributed by atoms with E-state index in [2.05, 4.69) is 0 Å². The van der Waals surface area contributed by atoms with Gasteiger partial charge in [-0.05, 0) is 41.8 Å². The van der Waals surface area contributed by atoms with E-state index in [0.29, 0.717) is 36.5 Å². The number of benzene rings is 3. The number of esters is 1. The summed E-state index contributed by atoms with van der Waals surface area (Å²) < 4.78 is 11.0. The maximum atomic E-state index is 11.9. The Hall–Kier alpha value is -3.40. The van der Waals surface area contributed by atoms with Crippen molar-refractivity contribution in [3.63, 3.8) is 0 Å². The Bertz CT molecular complexity index is 886. The molecule has 3 aromatic rings. The van der Waals surface area contributed by atoms with Gasteiger partial charge in [-0.25, -0.2) is 0 Å². The SMILES string of the molecule is O=Cc1cccc(Oc2ccc(CCC(=O)OCc3ccccc3)cc2)c1. The highest BCUT2D eigenvalue weighted by atomic mass is 16.5. The molecule has 0 atom stereocenters. The third kappa shape index (κ3) is 5.82. The molecule has 3 aromatic carbocycles. The predicted octanol–water partition coefficient (Wildman–Crippen LogP) is 4.97. The molecule has 0 saturated heterocycles. The minimum absolute atomic E-state index is 0.218. The molecule has 27 heavy (non-hydrogen) atoms. The van der Waals surface area contributed by atoms with Gasteiger partial charge < -0.3 is 9.47 Å². The van der Waals surface area contributed by atoms with Gasteiger partial charge in [0.2, 0.25) is 0 Å². The van der Waals surface area contributed by atoms with Gasteiger partial charge in [-0.1, -0.05) is 54.6 Å². The number of hydrogen-bond acceptors (Lipinski definition) is 4. The van der Waals surface area contributed by atoms with Gasteiger partial charge in [0.05, 0.1) is 0 Å². The lowest BCUT2D eigenvalue weighted by atomic mass is 10.1. The highest BCUT2D eigenvalue weighted by molar-refractivity contribution is 5.75. The van der Waals surface area contributed by atoms with Crippen LogP contribution >= 0.6 is 0 Å². The summed E-state index contributed by atoms with van der Waals surface area (Å²) in [5.74, 6) is 1.06. The highest BCUT2D eigenvalue weighted by Gasteiger charge is 2.05. The van der Waals surface area contributed by atoms with Gasteiger partial charge >= 0.3 is 5.97 Å². The zero-order valence-electron chi connectivity index (χ0n) is 14.8. The number of carbonyl (C=O) groups is 2. The molecule has 0 spiro atoms. The van der Waals surface area contributed by atoms with Gasteiger partial charge in [0.1, 0.15) is 24.4 Å². The van der Waals surface area contributed by atoms with Crippen molar-refractivity contribution in [1.82, 2.24) is 0 Å². The first-order valence-electron chi connectivity index (χ1n) is 8.74. The zero-order chi connectivity index (χ0) is 18.9. The average Bonchev–Trinajstić information content (AvgIpc) is 2.72. The van der Waals surface area contributed by atoms with Crippen LogP contribution < -0.4 is 4.74 Å². The number of hydrogen-bond donors (Lipinski definition) is 0. The van der Waals surface area contributed by atoms with E-state index in [1.807, 2.05) is 54.6 Å². The number of rotatable bonds is 8. The Labute approximate surface area is 158 Å². The summed E-state index contributed by atoms with van der Waals surface area (Å²) in [5, 5.41) is 0. The summed E-state index contributed by atoms with van der Waals surface area (Å²) in [6, 6.07) is 24.1. The Balaban J connectivity index is 1.47. The van der Waals surface area contributed by atoms with Crippen LogP contribution in [0.5, 0.6) is 11.5 Å². The van der Waals surface area contributed by atoms with Crippen LogP contribution in [-0.4, -0.2) is 12.3 Å². The van der Waals surface area contributed by atoms with Crippen LogP contribution in [0, 0.1) is 0 Å². The van der Waals surface area contributed by atoms with Crippen LogP contribution in [0.3, 0.4) is 0 Å². The quantitative estimate of drug-likeness (QED) is 0.420. The largest absolute Gasteiger partial charge is 0.461 e. The summed E-state index contributed by atoms with van der Waals surface area (Å²) in [6.45, 7) is 0.298. The van der Waals surface area contributed by atoms with Crippen molar-refractivity contribution in [1.29, 1.82) is 0 Å². The Kier molecular flexibility index (Phi) is 6.36. The molecule has 0 aliphatic rings. The van der Waals surface area contributed by atoms with E-state index < -0.39 is 0 Å². The smallest absolute Gasteiger partial charge is 0.306 e. The number of aldehydes is 1. The molecule has 0 saturated carbocycles. The molecule has 0 amide bonds. The van der Waals surface area contributed by atoms with Gasteiger partial charge in [0.15, 0.2) is 0 Å². The molecule has 3 rings (SSSR count). The molecular weight excluding hydrogens is 340 g/mol. The van der Waals surface area contributed by atoms with Crippen molar-refractivity contribution in [3.05, 3.63) is 95.6 Å². The van der Waals surface area contributed by atoms with Crippen LogP contribution in [0.1, 0.15) is 27.9 Å². The van der Waals surface area contributed by atoms with Crippen molar-refractivity contribution < 1.29 is 19.1 Å². The zero-order valence-corrected chi connectivity index (χ0v) is 14.8. The van der Waals surface area contributed by atoms with Gasteiger partial charge in [-0.2, -0.15) is 0 Å². The first-order chi connectivity index (χ1) is 13.2. The van der Waals surface area contributed by atoms with Gasteiger partial charge in [0, 0.05) is 12.0 Å². The molecule has 4 nitrogen and oxygen atoms in total. The first-order valence-corrected chi connectivity index (χ1v) is 8.74. The second-order valence-electron chi connectivity index (χ2n) is 6.08. The Morgan fingerprint density at radius 3 is 2.33 bits per heavy atom. The molecule has 0 aliphatic carbocycles. The molecular formula is C23H20O4. The minimum atomic E-state index is -0.218. The van der Waals surface area contributed by atoms with Crippen molar-refractivity contribution in [2.24, 2.45) is 0 Å². The van der Waals surface area contributed by atoms with Crippen LogP contribution in [-0.2, 0) is 22.6 Å². The van der Waals surface area contributed by atoms with E-state index in [0.717, 1.165) is 17.4 Å². The topological polar surface area (TPSA) is 52.6 Å². The van der Waals surface area contributed by atoms with Gasteiger partial charge in [-0.3, -0.25) is 9.59 Å². The Morgan fingerprint density at radius 2 is 1.59 bits per heavy atom. The number of aryl methyl sites for hydroxylation is 1. The van der Waals surface area contributed by atoms with Crippen LogP contribution in [0.25, 0.3) is 0 Å². The third-order valence-electron chi connectivity index (χ3n) is 4.01. The monoisotopic (exact) mass is 360 g/mol. The van der Waals surface area contributed by atoms with Crippen molar-refractivity contribution >= 4 is 12.3 Å². The van der Waals surface area contributed by atoms with Gasteiger partial charge in [-0.15, -0.1) is 0 Å². The van der Waals surface area contributed by atoms with Crippen molar-refractivity contribution in [3.8, 4) is 11.5 Å². The van der Waals surface area contributed by atoms with Crippen LogP contribution in [0.4, 0.5) is 0 Å². The fraction of sp³-hybridized carbons (Fsp3) is 0.130. The maximum absolute atomic E-state index is 11.9. The lowest BCUT2D eigenvalue weighted by Gasteiger charge is -2.08. The molecule has 0 fully saturated rings. The molecule has 0 N–H and O–H groups in total. The molecule has 0 aliphatic heterocycles. The standard InChI is InChI=1S/C23H20O4/c24-16-20-7-4-8-22(15-20)27-21-12-9-18(10-13-21)11-14-23(25)26-17-19-5-2-1-3-6-19/h1-10,12-13,15-16H,11,14,17H2. The summed E-state index contributed by atoms with van der Waals surface area (Å²) in [7, 11) is 0. The van der Waals surface area contributed by atoms with E-state index in [1.54, 1.807) is 24.3 Å². The molecule has 4 heteroatoms. The molecule has 136 valence electrons. The number of carbonyl (C=O) groups excluding carboxylic acids is 2. The summed E-state index contributed by atoms with van der Waals surface area (Å²) in [6.07, 6.45) is 1.72. The Morgan fingerprint density at radius 1 is 0.815 bits per heavy atom. The van der Waals surface area contributed by atoms with Crippen LogP contribution in [0.15, 0.2) is 78.9 Å². The highest BCUT2D eigenvalue weighted by Crippen LogP contribution is 2.22. The third-order valence-corrected chi connectivity index (χ3v) is 4.01. The average molecular weight is 360 g/mol. The molecule has 0 aromatic heterocycles. The first kappa shape index (κ1) is 18.4. The summed E-state index contributed by atoms with van der Waals surface area (Å²) >= 11 is 0. The van der Waals surface area contributed by atoms with Gasteiger partial charge in [0.25, 0.3) is 0 Å². The second-order valence-corrected chi connectivity index (χ2v) is 6.08. The van der Waals surface area contributed by atoms with E-state index in [1.165, 1.54) is 0 Å². The summed E-state index contributed by atoms with van der Waals surface area (Å²) in [4.78, 5) is 22.7. The lowest BCUT2D eigenvalue weighted by molar-refractivity contribution is -0.144. The lowest BCUT2D eigenvalue weighted by Crippen LogP contribution is -2.05. The van der Waals surface area contributed by atoms with E-state index in [-0.39, 0.29) is 5.97 Å². The second kappa shape index (κ2) is 9.34. The van der Waals surface area contributed by atoms with E-state index in [4.69, 9.17) is 9.47 Å². The fourth-order valence-corrected chi connectivity index (χ4v) is 2.57. The van der Waals surface area contributed by atoms with Crippen molar-refractivity contribution in [2.45, 2.75) is 19.4 Å². The fourth-order valence-electron chi connectivity index (χ4n) is 2.57. The van der Waals surface area contributed by atoms with E-state index >= 15 is 0 Å². The molecule has 0 unspecified atom stereocenters. The molecule has 0 radical (unpaired) electrons. The number of ether oxygens (including phenoxy) is 2. The normalized spacial score (nSPS) is 10.2. The van der Waals surface area contributed by atoms with Crippen molar-refractivity contribution in [2.75, 3.05) is 0 Å². The summed E-state index contributed by atoms with van der Waals surface area (Å²) in [5.41, 5.74) is 2.57. The molecule has 0 bridgehead atoms. The van der Waals surface area contributed by atoms with E-state index in [9.17, 15) is 9.59 Å². The predicted molar refractivity (Wildman–Crippen MR) is 103 cm³/mol. The minimum Gasteiger partial charge on any atom is -0.461 e.